The van der Waals surface area contributed by atoms with Crippen molar-refractivity contribution >= 4 is 12.1 Å². The van der Waals surface area contributed by atoms with Gasteiger partial charge in [0.25, 0.3) is 0 Å². The van der Waals surface area contributed by atoms with Crippen LogP contribution in [0.3, 0.4) is 0 Å². The molecule has 4 atom stereocenters. The molecule has 4 heteroatoms. The van der Waals surface area contributed by atoms with E-state index in [1.165, 1.54) is 18.9 Å². The highest BCUT2D eigenvalue weighted by molar-refractivity contribution is 6.20. The molecule has 4 nitrogen and oxygen atoms in total. The Labute approximate surface area is 156 Å². The van der Waals surface area contributed by atoms with Crippen molar-refractivity contribution in [1.29, 1.82) is 0 Å². The van der Waals surface area contributed by atoms with Gasteiger partial charge in [0.1, 0.15) is 17.4 Å². The lowest BCUT2D eigenvalue weighted by molar-refractivity contribution is -0.146. The summed E-state index contributed by atoms with van der Waals surface area (Å²) in [6, 6.07) is 0. The number of aliphatic hydroxyl groups is 1. The summed E-state index contributed by atoms with van der Waals surface area (Å²) in [5.41, 5.74) is 0.515. The summed E-state index contributed by atoms with van der Waals surface area (Å²) >= 11 is 0. The average Bonchev–Trinajstić information content (AvgIpc) is 2.54. The zero-order chi connectivity index (χ0) is 19.3. The zero-order valence-corrected chi connectivity index (χ0v) is 16.3. The fraction of sp³-hybridized carbons (Fsp3) is 0.636. The van der Waals surface area contributed by atoms with E-state index in [4.69, 9.17) is 4.74 Å². The Kier molecular flexibility index (Phi) is 4.66. The standard InChI is InChI=1S/C22H30O4/c1-13-7-8-17-21(3,4)9-6-10-22(17,5)20(13)26-19-14(2)11-16(24)18(25)15(19)12-23/h11-13,17,20,24H,2,6-10H2,1,3-5H3/t13-,17?,20?,22?/m1/s1. The molecule has 0 amide bonds. The molecular formula is C22H30O4. The normalized spacial score (nSPS) is 37.1. The van der Waals surface area contributed by atoms with Gasteiger partial charge in [-0.2, -0.15) is 0 Å². The second-order valence-electron chi connectivity index (χ2n) is 9.24. The van der Waals surface area contributed by atoms with Gasteiger partial charge in [0, 0.05) is 11.0 Å². The van der Waals surface area contributed by atoms with E-state index in [0.29, 0.717) is 23.7 Å². The van der Waals surface area contributed by atoms with Crippen LogP contribution in [0.2, 0.25) is 0 Å². The van der Waals surface area contributed by atoms with Gasteiger partial charge in [-0.3, -0.25) is 9.59 Å². The number of aliphatic hydroxyl groups excluding tert-OH is 1. The SMILES string of the molecule is C=C1C=C(O)C(=O)C(C=O)=C1OC1[C@H](C)CCC2C(C)(C)CCCC12C. The van der Waals surface area contributed by atoms with Gasteiger partial charge in [-0.25, -0.2) is 0 Å². The molecule has 0 heterocycles. The Morgan fingerprint density at radius 3 is 2.62 bits per heavy atom. The smallest absolute Gasteiger partial charge is 0.234 e. The quantitative estimate of drug-likeness (QED) is 0.588. The lowest BCUT2D eigenvalue weighted by atomic mass is 9.49. The van der Waals surface area contributed by atoms with Crippen LogP contribution >= 0.6 is 0 Å². The van der Waals surface area contributed by atoms with Gasteiger partial charge in [-0.15, -0.1) is 0 Å². The molecule has 3 aliphatic carbocycles. The summed E-state index contributed by atoms with van der Waals surface area (Å²) in [5.74, 6) is -0.0276. The molecule has 0 bridgehead atoms. The number of ether oxygens (including phenoxy) is 1. The molecule has 3 rings (SSSR count). The Hall–Kier alpha value is -1.84. The first kappa shape index (κ1) is 18.9. The average molecular weight is 358 g/mol. The molecule has 2 fully saturated rings. The molecule has 26 heavy (non-hydrogen) atoms. The van der Waals surface area contributed by atoms with Crippen LogP contribution in [0.15, 0.2) is 35.3 Å². The predicted molar refractivity (Wildman–Crippen MR) is 100 cm³/mol. The third-order valence-corrected chi connectivity index (χ3v) is 7.04. The first-order valence-electron chi connectivity index (χ1n) is 9.62. The molecule has 0 spiro atoms. The molecule has 0 saturated heterocycles. The summed E-state index contributed by atoms with van der Waals surface area (Å²) in [6.07, 6.45) is 7.41. The number of aldehydes is 1. The van der Waals surface area contributed by atoms with E-state index in [1.807, 2.05) is 0 Å². The number of carbonyl (C=O) groups excluding carboxylic acids is 2. The molecule has 0 radical (unpaired) electrons. The molecule has 142 valence electrons. The van der Waals surface area contributed by atoms with Crippen molar-refractivity contribution in [2.45, 2.75) is 65.9 Å². The third-order valence-electron chi connectivity index (χ3n) is 7.04. The highest BCUT2D eigenvalue weighted by Gasteiger charge is 2.55. The molecule has 0 aromatic heterocycles. The molecule has 3 aliphatic rings. The van der Waals surface area contributed by atoms with E-state index < -0.39 is 11.5 Å². The summed E-state index contributed by atoms with van der Waals surface area (Å²) in [7, 11) is 0. The molecular weight excluding hydrogens is 328 g/mol. The Balaban J connectivity index is 1.99. The Morgan fingerprint density at radius 2 is 1.96 bits per heavy atom. The van der Waals surface area contributed by atoms with Crippen LogP contribution in [-0.2, 0) is 14.3 Å². The van der Waals surface area contributed by atoms with Gasteiger partial charge in [-0.1, -0.05) is 40.7 Å². The van der Waals surface area contributed by atoms with E-state index in [2.05, 4.69) is 34.3 Å². The third kappa shape index (κ3) is 2.83. The minimum atomic E-state index is -0.684. The van der Waals surface area contributed by atoms with Gasteiger partial charge in [0.2, 0.25) is 5.78 Å². The topological polar surface area (TPSA) is 63.6 Å². The highest BCUT2D eigenvalue weighted by Crippen LogP contribution is 2.60. The van der Waals surface area contributed by atoms with Crippen LogP contribution in [0, 0.1) is 22.7 Å². The summed E-state index contributed by atoms with van der Waals surface area (Å²) < 4.78 is 6.42. The highest BCUT2D eigenvalue weighted by atomic mass is 16.5. The fourth-order valence-corrected chi connectivity index (χ4v) is 5.79. The number of hydrogen-bond acceptors (Lipinski definition) is 4. The van der Waals surface area contributed by atoms with Crippen LogP contribution in [-0.4, -0.2) is 23.3 Å². The van der Waals surface area contributed by atoms with Gasteiger partial charge < -0.3 is 9.84 Å². The van der Waals surface area contributed by atoms with Crippen molar-refractivity contribution in [2.75, 3.05) is 0 Å². The number of carbonyl (C=O) groups is 2. The van der Waals surface area contributed by atoms with Crippen molar-refractivity contribution in [2.24, 2.45) is 22.7 Å². The van der Waals surface area contributed by atoms with E-state index in [9.17, 15) is 14.7 Å². The number of allylic oxidation sites excluding steroid dienone is 2. The number of fused-ring (bicyclic) bond motifs is 1. The summed E-state index contributed by atoms with van der Waals surface area (Å²) in [4.78, 5) is 23.7. The van der Waals surface area contributed by atoms with Crippen molar-refractivity contribution in [3.05, 3.63) is 35.3 Å². The first-order chi connectivity index (χ1) is 12.1. The minimum absolute atomic E-state index is 0.00700. The van der Waals surface area contributed by atoms with Crippen molar-refractivity contribution < 1.29 is 19.4 Å². The molecule has 1 N–H and O–H groups in total. The van der Waals surface area contributed by atoms with Gasteiger partial charge >= 0.3 is 0 Å². The van der Waals surface area contributed by atoms with Gasteiger partial charge in [0.15, 0.2) is 12.0 Å². The Morgan fingerprint density at radius 1 is 1.27 bits per heavy atom. The van der Waals surface area contributed by atoms with Crippen LogP contribution < -0.4 is 0 Å². The molecule has 0 aliphatic heterocycles. The summed E-state index contributed by atoms with van der Waals surface area (Å²) in [5, 5.41) is 9.73. The van der Waals surface area contributed by atoms with Crippen LogP contribution in [0.25, 0.3) is 0 Å². The lowest BCUT2D eigenvalue weighted by Gasteiger charge is -2.58. The lowest BCUT2D eigenvalue weighted by Crippen LogP contribution is -2.55. The van der Waals surface area contributed by atoms with Crippen molar-refractivity contribution in [3.63, 3.8) is 0 Å². The minimum Gasteiger partial charge on any atom is -0.504 e. The molecule has 3 unspecified atom stereocenters. The number of rotatable bonds is 3. The Bertz CT molecular complexity index is 712. The van der Waals surface area contributed by atoms with E-state index in [-0.39, 0.29) is 28.3 Å². The number of Topliss-reactive ketones (excluding diaryl/α,β-unsaturated/α-hetero) is 1. The van der Waals surface area contributed by atoms with Crippen molar-refractivity contribution in [3.8, 4) is 0 Å². The zero-order valence-electron chi connectivity index (χ0n) is 16.3. The van der Waals surface area contributed by atoms with Gasteiger partial charge in [-0.05, 0) is 49.0 Å². The molecule has 0 aromatic rings. The maximum atomic E-state index is 12.2. The maximum Gasteiger partial charge on any atom is 0.234 e. The monoisotopic (exact) mass is 358 g/mol. The second kappa shape index (κ2) is 6.40. The predicted octanol–water partition coefficient (Wildman–Crippen LogP) is 4.67. The number of hydrogen-bond donors (Lipinski definition) is 1. The van der Waals surface area contributed by atoms with E-state index in [0.717, 1.165) is 19.3 Å². The van der Waals surface area contributed by atoms with Crippen molar-refractivity contribution in [1.82, 2.24) is 0 Å². The van der Waals surface area contributed by atoms with Crippen LogP contribution in [0.4, 0.5) is 0 Å². The maximum absolute atomic E-state index is 12.2. The molecule has 2 saturated carbocycles. The van der Waals surface area contributed by atoms with Crippen LogP contribution in [0.5, 0.6) is 0 Å². The fourth-order valence-electron chi connectivity index (χ4n) is 5.79. The van der Waals surface area contributed by atoms with E-state index in [1.54, 1.807) is 0 Å². The molecule has 0 aromatic carbocycles. The number of ketones is 1. The van der Waals surface area contributed by atoms with Gasteiger partial charge in [0.05, 0.1) is 0 Å². The van der Waals surface area contributed by atoms with E-state index >= 15 is 0 Å². The summed E-state index contributed by atoms with van der Waals surface area (Å²) in [6.45, 7) is 13.1. The van der Waals surface area contributed by atoms with Crippen LogP contribution in [0.1, 0.15) is 59.8 Å². The largest absolute Gasteiger partial charge is 0.504 e. The second-order valence-corrected chi connectivity index (χ2v) is 9.24. The first-order valence-corrected chi connectivity index (χ1v) is 9.62.